The molecule has 1 aliphatic rings. The number of nitrogens with two attached hydrogens (primary N) is 1. The third-order valence-corrected chi connectivity index (χ3v) is 1.81. The number of hydrogen-bond acceptors (Lipinski definition) is 2. The van der Waals surface area contributed by atoms with Crippen molar-refractivity contribution in [3.63, 3.8) is 0 Å². The topological polar surface area (TPSA) is 38.0 Å². The van der Waals surface area contributed by atoms with E-state index in [1.54, 1.807) is 0 Å². The van der Waals surface area contributed by atoms with Crippen LogP contribution in [0.15, 0.2) is 34.5 Å². The maximum atomic E-state index is 5.20. The highest BCUT2D eigenvalue weighted by Crippen LogP contribution is 2.14. The van der Waals surface area contributed by atoms with Crippen molar-refractivity contribution in [3.05, 3.63) is 34.5 Å². The van der Waals surface area contributed by atoms with Gasteiger partial charge in [0.1, 0.15) is 0 Å². The summed E-state index contributed by atoms with van der Waals surface area (Å²) in [6.45, 7) is 0. The van der Waals surface area contributed by atoms with Gasteiger partial charge in [0.2, 0.25) is 0 Å². The van der Waals surface area contributed by atoms with Crippen molar-refractivity contribution in [1.82, 2.24) is 5.43 Å². The number of hydrogen-bond donors (Lipinski definition) is 2. The highest BCUT2D eigenvalue weighted by molar-refractivity contribution is 9.11. The van der Waals surface area contributed by atoms with Gasteiger partial charge >= 0.3 is 0 Å². The number of rotatable bonds is 1. The summed E-state index contributed by atoms with van der Waals surface area (Å²) in [6.07, 6.45) is 8.83. The number of nitrogens with one attached hydrogen (secondary N) is 1. The van der Waals surface area contributed by atoms with E-state index in [1.807, 2.05) is 24.3 Å². The summed E-state index contributed by atoms with van der Waals surface area (Å²) in [6, 6.07) is 0. The second-order valence-electron chi connectivity index (χ2n) is 1.99. The molecule has 54 valence electrons. The summed E-state index contributed by atoms with van der Waals surface area (Å²) in [5, 5.41) is 0. The van der Waals surface area contributed by atoms with Crippen molar-refractivity contribution in [2.75, 3.05) is 0 Å². The van der Waals surface area contributed by atoms with Gasteiger partial charge in [-0.2, -0.15) is 0 Å². The molecule has 1 aliphatic carbocycles. The first-order valence-electron chi connectivity index (χ1n) is 3.02. The Labute approximate surface area is 68.6 Å². The average Bonchev–Trinajstić information content (AvgIpc) is 2.14. The van der Waals surface area contributed by atoms with Gasteiger partial charge in [0.05, 0.1) is 0 Å². The first kappa shape index (κ1) is 7.57. The lowest BCUT2D eigenvalue weighted by atomic mass is 10.4. The lowest BCUT2D eigenvalue weighted by molar-refractivity contribution is 0.916. The molecule has 0 amide bonds. The highest BCUT2D eigenvalue weighted by atomic mass is 79.9. The number of allylic oxidation sites excluding steroid dienone is 5. The van der Waals surface area contributed by atoms with Crippen LogP contribution in [0.2, 0.25) is 0 Å². The van der Waals surface area contributed by atoms with Crippen molar-refractivity contribution in [1.29, 1.82) is 0 Å². The van der Waals surface area contributed by atoms with E-state index >= 15 is 0 Å². The SMILES string of the molecule is NNC1=CC=C(Br)CC=C1. The third-order valence-electron chi connectivity index (χ3n) is 1.22. The van der Waals surface area contributed by atoms with E-state index in [1.165, 1.54) is 0 Å². The van der Waals surface area contributed by atoms with Gasteiger partial charge in [-0.1, -0.05) is 22.0 Å². The molecule has 0 heterocycles. The summed E-state index contributed by atoms with van der Waals surface area (Å²) in [5.41, 5.74) is 3.50. The Balaban J connectivity index is 2.75. The summed E-state index contributed by atoms with van der Waals surface area (Å²) in [5.74, 6) is 5.20. The van der Waals surface area contributed by atoms with E-state index in [0.717, 1.165) is 16.6 Å². The Hall–Kier alpha value is -0.540. The number of hydrazine groups is 1. The third kappa shape index (κ3) is 2.01. The van der Waals surface area contributed by atoms with Crippen molar-refractivity contribution >= 4 is 15.9 Å². The van der Waals surface area contributed by atoms with Gasteiger partial charge in [0.15, 0.2) is 0 Å². The fourth-order valence-electron chi connectivity index (χ4n) is 0.699. The van der Waals surface area contributed by atoms with E-state index in [2.05, 4.69) is 21.4 Å². The Morgan fingerprint density at radius 2 is 2.30 bits per heavy atom. The summed E-state index contributed by atoms with van der Waals surface area (Å²) < 4.78 is 1.16. The molecule has 0 saturated carbocycles. The second kappa shape index (κ2) is 3.58. The molecular formula is C7H9BrN2. The van der Waals surface area contributed by atoms with Crippen LogP contribution in [0.25, 0.3) is 0 Å². The van der Waals surface area contributed by atoms with Gasteiger partial charge < -0.3 is 5.43 Å². The number of halogens is 1. The van der Waals surface area contributed by atoms with E-state index in [4.69, 9.17) is 5.84 Å². The van der Waals surface area contributed by atoms with Crippen LogP contribution in [-0.4, -0.2) is 0 Å². The quantitative estimate of drug-likeness (QED) is 0.499. The summed E-state index contributed by atoms with van der Waals surface area (Å²) >= 11 is 3.39. The highest BCUT2D eigenvalue weighted by Gasteiger charge is 1.92. The lowest BCUT2D eigenvalue weighted by Gasteiger charge is -1.94. The first-order chi connectivity index (χ1) is 4.83. The van der Waals surface area contributed by atoms with Crippen LogP contribution in [0.4, 0.5) is 0 Å². The Morgan fingerprint density at radius 3 is 3.00 bits per heavy atom. The summed E-state index contributed by atoms with van der Waals surface area (Å²) in [7, 11) is 0. The minimum absolute atomic E-state index is 0.925. The van der Waals surface area contributed by atoms with Crippen LogP contribution in [-0.2, 0) is 0 Å². The van der Waals surface area contributed by atoms with Crippen molar-refractivity contribution in [2.45, 2.75) is 6.42 Å². The van der Waals surface area contributed by atoms with Gasteiger partial charge in [0, 0.05) is 5.70 Å². The Kier molecular flexibility index (Phi) is 2.71. The van der Waals surface area contributed by atoms with Crippen LogP contribution in [0, 0.1) is 0 Å². The van der Waals surface area contributed by atoms with Gasteiger partial charge in [-0.3, -0.25) is 5.84 Å². The molecule has 0 bridgehead atoms. The molecule has 0 spiro atoms. The second-order valence-corrected chi connectivity index (χ2v) is 3.00. The molecule has 0 unspecified atom stereocenters. The van der Waals surface area contributed by atoms with Crippen molar-refractivity contribution < 1.29 is 0 Å². The fourth-order valence-corrected chi connectivity index (χ4v) is 1.02. The molecule has 0 fully saturated rings. The van der Waals surface area contributed by atoms with E-state index in [0.29, 0.717) is 0 Å². The lowest BCUT2D eigenvalue weighted by Crippen LogP contribution is -2.19. The molecule has 0 radical (unpaired) electrons. The molecule has 0 aromatic rings. The van der Waals surface area contributed by atoms with Gasteiger partial charge in [-0.05, 0) is 29.1 Å². The Bertz CT molecular complexity index is 204. The molecule has 0 aromatic carbocycles. The van der Waals surface area contributed by atoms with Crippen LogP contribution in [0.1, 0.15) is 6.42 Å². The zero-order valence-corrected chi connectivity index (χ0v) is 7.06. The average molecular weight is 201 g/mol. The molecule has 0 aromatic heterocycles. The molecule has 0 aliphatic heterocycles. The fraction of sp³-hybridized carbons (Fsp3) is 0.143. The van der Waals surface area contributed by atoms with Crippen molar-refractivity contribution in [2.24, 2.45) is 5.84 Å². The maximum Gasteiger partial charge on any atom is 0.0482 e. The van der Waals surface area contributed by atoms with Crippen molar-refractivity contribution in [3.8, 4) is 0 Å². The van der Waals surface area contributed by atoms with Gasteiger partial charge in [-0.25, -0.2) is 0 Å². The molecule has 2 nitrogen and oxygen atoms in total. The van der Waals surface area contributed by atoms with Gasteiger partial charge in [-0.15, -0.1) is 0 Å². The zero-order valence-electron chi connectivity index (χ0n) is 5.47. The normalized spacial score (nSPS) is 17.4. The molecule has 0 saturated heterocycles. The largest absolute Gasteiger partial charge is 0.324 e. The molecule has 3 N–H and O–H groups in total. The van der Waals surface area contributed by atoms with Crippen LogP contribution in [0.5, 0.6) is 0 Å². The first-order valence-corrected chi connectivity index (χ1v) is 3.82. The predicted molar refractivity (Wildman–Crippen MR) is 46.2 cm³/mol. The summed E-state index contributed by atoms with van der Waals surface area (Å²) in [4.78, 5) is 0. The van der Waals surface area contributed by atoms with E-state index in [-0.39, 0.29) is 0 Å². The molecular weight excluding hydrogens is 192 g/mol. The smallest absolute Gasteiger partial charge is 0.0482 e. The van der Waals surface area contributed by atoms with Crippen LogP contribution < -0.4 is 11.3 Å². The van der Waals surface area contributed by atoms with E-state index < -0.39 is 0 Å². The zero-order chi connectivity index (χ0) is 7.40. The molecule has 1 rings (SSSR count). The molecule has 10 heavy (non-hydrogen) atoms. The van der Waals surface area contributed by atoms with E-state index in [9.17, 15) is 0 Å². The minimum atomic E-state index is 0.925. The maximum absolute atomic E-state index is 5.20. The monoisotopic (exact) mass is 200 g/mol. The standard InChI is InChI=1S/C7H9BrN2/c8-6-2-1-3-7(10-9)5-4-6/h1,3-5,10H,2,9H2. The Morgan fingerprint density at radius 1 is 1.50 bits per heavy atom. The van der Waals surface area contributed by atoms with Crippen LogP contribution >= 0.6 is 15.9 Å². The molecule has 3 heteroatoms. The predicted octanol–water partition coefficient (Wildman–Crippen LogP) is 1.57. The minimum Gasteiger partial charge on any atom is -0.324 e. The molecule has 0 atom stereocenters. The van der Waals surface area contributed by atoms with Crippen LogP contribution in [0.3, 0.4) is 0 Å². The van der Waals surface area contributed by atoms with Gasteiger partial charge in [0.25, 0.3) is 0 Å².